The van der Waals surface area contributed by atoms with Crippen LogP contribution in [0, 0.1) is 0 Å². The van der Waals surface area contributed by atoms with Gasteiger partial charge < -0.3 is 5.32 Å². The normalized spacial score (nSPS) is 25.6. The number of carbonyl (C=O) groups excluding carboxylic acids is 1. The highest BCUT2D eigenvalue weighted by Crippen LogP contribution is 2.21. The lowest BCUT2D eigenvalue weighted by molar-refractivity contribution is -0.121. The molecule has 1 aliphatic heterocycles. The predicted octanol–water partition coefficient (Wildman–Crippen LogP) is -0.116. The largest absolute Gasteiger partial charge is 0.353 e. The summed E-state index contributed by atoms with van der Waals surface area (Å²) in [7, 11) is -6.70. The summed E-state index contributed by atoms with van der Waals surface area (Å²) >= 11 is 0. The third kappa shape index (κ3) is 4.92. The second-order valence-corrected chi connectivity index (χ2v) is 10.4. The van der Waals surface area contributed by atoms with E-state index >= 15 is 0 Å². The topological polar surface area (TPSA) is 101 Å². The van der Waals surface area contributed by atoms with Gasteiger partial charge in [-0.2, -0.15) is 4.31 Å². The summed E-state index contributed by atoms with van der Waals surface area (Å²) in [5.41, 5.74) is 0. The van der Waals surface area contributed by atoms with E-state index in [0.29, 0.717) is 6.42 Å². The van der Waals surface area contributed by atoms with Gasteiger partial charge in [0.1, 0.15) is 0 Å². The minimum atomic E-state index is -3.53. The summed E-state index contributed by atoms with van der Waals surface area (Å²) in [6.45, 7) is 0.0393. The predicted molar refractivity (Wildman–Crippen MR) is 83.6 cm³/mol. The standard InChI is InChI=1S/C13H24N2O5S2/c1-21(17,18)15(12-7-9-22(19,20)10-12)8-6-13(16)14-11-4-2-3-5-11/h11-12H,2-10H2,1H3,(H,14,16). The van der Waals surface area contributed by atoms with Crippen LogP contribution in [0.15, 0.2) is 0 Å². The zero-order chi connectivity index (χ0) is 16.4. The SMILES string of the molecule is CS(=O)(=O)N(CCC(=O)NC1CCCC1)C1CCS(=O)(=O)C1. The first-order chi connectivity index (χ1) is 10.2. The Balaban J connectivity index is 1.92. The Kier molecular flexibility index (Phi) is 5.50. The van der Waals surface area contributed by atoms with Crippen LogP contribution in [0.3, 0.4) is 0 Å². The fraction of sp³-hybridized carbons (Fsp3) is 0.923. The van der Waals surface area contributed by atoms with E-state index in [2.05, 4.69) is 5.32 Å². The molecule has 0 radical (unpaired) electrons. The molecule has 1 aliphatic carbocycles. The number of hydrogen-bond acceptors (Lipinski definition) is 5. The van der Waals surface area contributed by atoms with Crippen LogP contribution in [-0.4, -0.2) is 63.4 Å². The molecule has 1 atom stereocenters. The van der Waals surface area contributed by atoms with Crippen molar-refractivity contribution in [1.82, 2.24) is 9.62 Å². The highest BCUT2D eigenvalue weighted by Gasteiger charge is 2.36. The number of amides is 1. The van der Waals surface area contributed by atoms with E-state index in [4.69, 9.17) is 0 Å². The van der Waals surface area contributed by atoms with E-state index in [-0.39, 0.29) is 36.4 Å². The molecule has 128 valence electrons. The van der Waals surface area contributed by atoms with Crippen molar-refractivity contribution in [3.63, 3.8) is 0 Å². The summed E-state index contributed by atoms with van der Waals surface area (Å²) < 4.78 is 48.0. The van der Waals surface area contributed by atoms with Crippen LogP contribution in [-0.2, 0) is 24.7 Å². The summed E-state index contributed by atoms with van der Waals surface area (Å²) in [4.78, 5) is 11.9. The van der Waals surface area contributed by atoms with Gasteiger partial charge in [-0.1, -0.05) is 12.8 Å². The third-order valence-electron chi connectivity index (χ3n) is 4.32. The fourth-order valence-corrected chi connectivity index (χ4v) is 6.17. The van der Waals surface area contributed by atoms with Crippen molar-refractivity contribution in [3.8, 4) is 0 Å². The van der Waals surface area contributed by atoms with Crippen LogP contribution in [0.1, 0.15) is 38.5 Å². The number of carbonyl (C=O) groups is 1. The van der Waals surface area contributed by atoms with Gasteiger partial charge in [0, 0.05) is 25.0 Å². The molecule has 1 unspecified atom stereocenters. The van der Waals surface area contributed by atoms with Gasteiger partial charge in [0.25, 0.3) is 0 Å². The van der Waals surface area contributed by atoms with Gasteiger partial charge in [0.05, 0.1) is 17.8 Å². The van der Waals surface area contributed by atoms with Crippen LogP contribution in [0.4, 0.5) is 0 Å². The molecule has 0 spiro atoms. The van der Waals surface area contributed by atoms with Crippen molar-refractivity contribution < 1.29 is 21.6 Å². The maximum absolute atomic E-state index is 11.9. The van der Waals surface area contributed by atoms with Crippen molar-refractivity contribution in [1.29, 1.82) is 0 Å². The lowest BCUT2D eigenvalue weighted by Crippen LogP contribution is -2.43. The lowest BCUT2D eigenvalue weighted by atomic mass is 10.2. The highest BCUT2D eigenvalue weighted by molar-refractivity contribution is 7.92. The Morgan fingerprint density at radius 2 is 1.86 bits per heavy atom. The first kappa shape index (κ1) is 17.7. The molecular weight excluding hydrogens is 328 g/mol. The van der Waals surface area contributed by atoms with Crippen molar-refractivity contribution in [2.45, 2.75) is 50.6 Å². The van der Waals surface area contributed by atoms with Gasteiger partial charge in [-0.15, -0.1) is 0 Å². The number of sulfone groups is 1. The maximum Gasteiger partial charge on any atom is 0.221 e. The van der Waals surface area contributed by atoms with Crippen LogP contribution < -0.4 is 5.32 Å². The van der Waals surface area contributed by atoms with Crippen molar-refractivity contribution in [3.05, 3.63) is 0 Å². The van der Waals surface area contributed by atoms with E-state index in [9.17, 15) is 21.6 Å². The molecule has 1 saturated carbocycles. The highest BCUT2D eigenvalue weighted by atomic mass is 32.2. The smallest absolute Gasteiger partial charge is 0.221 e. The zero-order valence-corrected chi connectivity index (χ0v) is 14.5. The van der Waals surface area contributed by atoms with E-state index in [1.807, 2.05) is 0 Å². The van der Waals surface area contributed by atoms with Crippen molar-refractivity contribution in [2.24, 2.45) is 0 Å². The molecule has 1 amide bonds. The van der Waals surface area contributed by atoms with Gasteiger partial charge in [-0.25, -0.2) is 16.8 Å². The molecule has 9 heteroatoms. The number of rotatable bonds is 6. The maximum atomic E-state index is 11.9. The average Bonchev–Trinajstić information content (AvgIpc) is 2.97. The minimum Gasteiger partial charge on any atom is -0.353 e. The Morgan fingerprint density at radius 3 is 2.36 bits per heavy atom. The molecule has 1 heterocycles. The van der Waals surface area contributed by atoms with Gasteiger partial charge in [-0.05, 0) is 19.3 Å². The van der Waals surface area contributed by atoms with Crippen molar-refractivity contribution >= 4 is 25.8 Å². The Bertz CT molecular complexity index is 608. The summed E-state index contributed by atoms with van der Waals surface area (Å²) in [6.07, 6.45) is 5.61. The first-order valence-corrected chi connectivity index (χ1v) is 11.3. The molecule has 2 fully saturated rings. The van der Waals surface area contributed by atoms with Gasteiger partial charge in [-0.3, -0.25) is 4.79 Å². The minimum absolute atomic E-state index is 0.0119. The average molecular weight is 352 g/mol. The van der Waals surface area contributed by atoms with Crippen molar-refractivity contribution in [2.75, 3.05) is 24.3 Å². The number of nitrogens with one attached hydrogen (secondary N) is 1. The van der Waals surface area contributed by atoms with Crippen LogP contribution in [0.5, 0.6) is 0 Å². The van der Waals surface area contributed by atoms with Crippen LogP contribution >= 0.6 is 0 Å². The van der Waals surface area contributed by atoms with Crippen LogP contribution in [0.25, 0.3) is 0 Å². The number of hydrogen-bond donors (Lipinski definition) is 1. The second-order valence-electron chi connectivity index (χ2n) is 6.23. The summed E-state index contributed by atoms with van der Waals surface area (Å²) in [5, 5.41) is 2.91. The quantitative estimate of drug-likeness (QED) is 0.718. The van der Waals surface area contributed by atoms with E-state index < -0.39 is 25.9 Å². The first-order valence-electron chi connectivity index (χ1n) is 7.64. The Hall–Kier alpha value is -0.670. The summed E-state index contributed by atoms with van der Waals surface area (Å²) in [6, 6.07) is -0.342. The third-order valence-corrected chi connectivity index (χ3v) is 7.40. The fourth-order valence-electron chi connectivity index (χ4n) is 3.20. The summed E-state index contributed by atoms with van der Waals surface area (Å²) in [5.74, 6) is -0.302. The molecule has 0 bridgehead atoms. The van der Waals surface area contributed by atoms with Gasteiger partial charge >= 0.3 is 0 Å². The second kappa shape index (κ2) is 6.84. The van der Waals surface area contributed by atoms with Crippen LogP contribution in [0.2, 0.25) is 0 Å². The van der Waals surface area contributed by atoms with Gasteiger partial charge in [0.15, 0.2) is 9.84 Å². The molecule has 2 aliphatic rings. The molecular formula is C13H24N2O5S2. The number of sulfonamides is 1. The molecule has 1 saturated heterocycles. The van der Waals surface area contributed by atoms with E-state index in [1.54, 1.807) is 0 Å². The molecule has 0 aromatic carbocycles. The molecule has 0 aromatic rings. The monoisotopic (exact) mass is 352 g/mol. The molecule has 22 heavy (non-hydrogen) atoms. The van der Waals surface area contributed by atoms with Gasteiger partial charge in [0.2, 0.25) is 15.9 Å². The Morgan fingerprint density at radius 1 is 1.23 bits per heavy atom. The lowest BCUT2D eigenvalue weighted by Gasteiger charge is -2.25. The zero-order valence-electron chi connectivity index (χ0n) is 12.8. The molecule has 0 aromatic heterocycles. The van der Waals surface area contributed by atoms with E-state index in [0.717, 1.165) is 31.9 Å². The molecule has 1 N–H and O–H groups in total. The molecule has 7 nitrogen and oxygen atoms in total. The van der Waals surface area contributed by atoms with E-state index in [1.165, 1.54) is 4.31 Å². The molecule has 2 rings (SSSR count). The Labute approximate surface area is 132 Å². The number of nitrogens with zero attached hydrogens (tertiary/aromatic N) is 1.